The van der Waals surface area contributed by atoms with E-state index < -0.39 is 6.10 Å². The van der Waals surface area contributed by atoms with Gasteiger partial charge in [0.1, 0.15) is 11.9 Å². The topological polar surface area (TPSA) is 52.1 Å². The summed E-state index contributed by atoms with van der Waals surface area (Å²) in [4.78, 5) is 10.3. The molecule has 1 saturated heterocycles. The lowest BCUT2D eigenvalue weighted by Gasteiger charge is -2.16. The van der Waals surface area contributed by atoms with Crippen LogP contribution in [0.2, 0.25) is 0 Å². The average molecular weight is 383 g/mol. The highest BCUT2D eigenvalue weighted by atomic mass is 16.3. The van der Waals surface area contributed by atoms with E-state index >= 15 is 0 Å². The molecule has 3 aromatic carbocycles. The van der Waals surface area contributed by atoms with Gasteiger partial charge in [-0.3, -0.25) is 4.90 Å². The van der Waals surface area contributed by atoms with Gasteiger partial charge in [0.2, 0.25) is 0 Å². The SMILES string of the molecule is OC(c1cccc(CN2CCCC2)c1)c1ncc(-c2cccc3ccccc23)[nH]1. The van der Waals surface area contributed by atoms with Crippen LogP contribution in [0.4, 0.5) is 0 Å². The van der Waals surface area contributed by atoms with Crippen molar-refractivity contribution in [1.29, 1.82) is 0 Å². The first-order valence-corrected chi connectivity index (χ1v) is 10.3. The molecule has 1 aliphatic rings. The number of aromatic nitrogens is 2. The Morgan fingerprint density at radius 1 is 0.966 bits per heavy atom. The summed E-state index contributed by atoms with van der Waals surface area (Å²) in [5, 5.41) is 13.3. The molecule has 2 heterocycles. The first kappa shape index (κ1) is 18.1. The van der Waals surface area contributed by atoms with Crippen LogP contribution in [-0.4, -0.2) is 33.1 Å². The molecule has 0 radical (unpaired) electrons. The maximum Gasteiger partial charge on any atom is 0.140 e. The van der Waals surface area contributed by atoms with E-state index in [4.69, 9.17) is 0 Å². The molecule has 146 valence electrons. The van der Waals surface area contributed by atoms with Gasteiger partial charge in [-0.15, -0.1) is 0 Å². The van der Waals surface area contributed by atoms with Crippen LogP contribution in [0.25, 0.3) is 22.0 Å². The van der Waals surface area contributed by atoms with E-state index in [1.54, 1.807) is 0 Å². The van der Waals surface area contributed by atoms with Gasteiger partial charge in [0.05, 0.1) is 11.9 Å². The Morgan fingerprint density at radius 3 is 2.66 bits per heavy atom. The van der Waals surface area contributed by atoms with Crippen LogP contribution in [0.3, 0.4) is 0 Å². The number of hydrogen-bond donors (Lipinski definition) is 2. The van der Waals surface area contributed by atoms with Gasteiger partial charge in [0.15, 0.2) is 0 Å². The summed E-state index contributed by atoms with van der Waals surface area (Å²) in [7, 11) is 0. The zero-order valence-corrected chi connectivity index (χ0v) is 16.4. The van der Waals surface area contributed by atoms with Crippen LogP contribution in [0.5, 0.6) is 0 Å². The largest absolute Gasteiger partial charge is 0.380 e. The predicted octanol–water partition coefficient (Wildman–Crippen LogP) is 4.91. The molecule has 0 bridgehead atoms. The Labute approximate surface area is 170 Å². The summed E-state index contributed by atoms with van der Waals surface area (Å²) in [6.07, 6.45) is 3.61. The van der Waals surface area contributed by atoms with Crippen LogP contribution in [0.15, 0.2) is 72.9 Å². The third-order valence-electron chi connectivity index (χ3n) is 5.81. The summed E-state index contributed by atoms with van der Waals surface area (Å²) in [6.45, 7) is 3.28. The molecule has 1 aliphatic heterocycles. The fraction of sp³-hybridized carbons (Fsp3) is 0.240. The Morgan fingerprint density at radius 2 is 1.76 bits per heavy atom. The number of fused-ring (bicyclic) bond motifs is 1. The summed E-state index contributed by atoms with van der Waals surface area (Å²) in [5.41, 5.74) is 4.13. The lowest BCUT2D eigenvalue weighted by atomic mass is 10.0. The number of nitrogens with zero attached hydrogens (tertiary/aromatic N) is 2. The van der Waals surface area contributed by atoms with Gasteiger partial charge in [0, 0.05) is 12.1 Å². The van der Waals surface area contributed by atoms with Crippen molar-refractivity contribution >= 4 is 10.8 Å². The molecule has 1 unspecified atom stereocenters. The second-order valence-electron chi connectivity index (χ2n) is 7.84. The van der Waals surface area contributed by atoms with Crippen molar-refractivity contribution in [2.24, 2.45) is 0 Å². The van der Waals surface area contributed by atoms with Crippen LogP contribution in [0, 0.1) is 0 Å². The molecule has 4 heteroatoms. The van der Waals surface area contributed by atoms with Gasteiger partial charge in [-0.05, 0) is 47.8 Å². The van der Waals surface area contributed by atoms with E-state index in [1.165, 1.54) is 42.3 Å². The molecular weight excluding hydrogens is 358 g/mol. The maximum absolute atomic E-state index is 10.9. The molecule has 0 aliphatic carbocycles. The molecule has 4 nitrogen and oxygen atoms in total. The number of aliphatic hydroxyl groups is 1. The summed E-state index contributed by atoms with van der Waals surface area (Å²) in [6, 6.07) is 22.8. The van der Waals surface area contributed by atoms with Crippen LogP contribution in [0.1, 0.15) is 35.9 Å². The number of likely N-dealkylation sites (tertiary alicyclic amines) is 1. The molecule has 5 rings (SSSR count). The predicted molar refractivity (Wildman–Crippen MR) is 117 cm³/mol. The van der Waals surface area contributed by atoms with Crippen molar-refractivity contribution in [3.8, 4) is 11.3 Å². The third kappa shape index (κ3) is 3.69. The monoisotopic (exact) mass is 383 g/mol. The minimum absolute atomic E-state index is 0.575. The van der Waals surface area contributed by atoms with E-state index in [0.29, 0.717) is 5.82 Å². The Bertz CT molecular complexity index is 1120. The molecule has 0 amide bonds. The maximum atomic E-state index is 10.9. The van der Waals surface area contributed by atoms with E-state index in [0.717, 1.165) is 23.4 Å². The Balaban J connectivity index is 1.41. The summed E-state index contributed by atoms with van der Waals surface area (Å²) in [5.74, 6) is 0.575. The number of H-pyrrole nitrogens is 1. The molecule has 4 aromatic rings. The molecule has 29 heavy (non-hydrogen) atoms. The third-order valence-corrected chi connectivity index (χ3v) is 5.81. The number of imidazole rings is 1. The lowest BCUT2D eigenvalue weighted by molar-refractivity contribution is 0.211. The van der Waals surface area contributed by atoms with E-state index in [1.807, 2.05) is 30.5 Å². The van der Waals surface area contributed by atoms with Crippen molar-refractivity contribution in [2.75, 3.05) is 13.1 Å². The Kier molecular flexibility index (Phi) is 4.88. The fourth-order valence-corrected chi connectivity index (χ4v) is 4.29. The van der Waals surface area contributed by atoms with Gasteiger partial charge in [-0.1, -0.05) is 66.7 Å². The minimum atomic E-state index is -0.766. The number of hydrogen-bond acceptors (Lipinski definition) is 3. The highest BCUT2D eigenvalue weighted by Gasteiger charge is 2.17. The molecule has 1 atom stereocenters. The lowest BCUT2D eigenvalue weighted by Crippen LogP contribution is -2.18. The average Bonchev–Trinajstić information content (AvgIpc) is 3.45. The smallest absolute Gasteiger partial charge is 0.140 e. The van der Waals surface area contributed by atoms with Gasteiger partial charge in [-0.2, -0.15) is 0 Å². The second-order valence-corrected chi connectivity index (χ2v) is 7.84. The van der Waals surface area contributed by atoms with Gasteiger partial charge >= 0.3 is 0 Å². The zero-order valence-electron chi connectivity index (χ0n) is 16.4. The summed E-state index contributed by atoms with van der Waals surface area (Å²) < 4.78 is 0. The number of aromatic amines is 1. The number of aliphatic hydroxyl groups excluding tert-OH is 1. The highest BCUT2D eigenvalue weighted by molar-refractivity contribution is 5.95. The van der Waals surface area contributed by atoms with E-state index in [2.05, 4.69) is 57.3 Å². The number of benzene rings is 3. The van der Waals surface area contributed by atoms with Crippen molar-refractivity contribution in [2.45, 2.75) is 25.5 Å². The Hall–Kier alpha value is -2.95. The van der Waals surface area contributed by atoms with E-state index in [-0.39, 0.29) is 0 Å². The highest BCUT2D eigenvalue weighted by Crippen LogP contribution is 2.29. The minimum Gasteiger partial charge on any atom is -0.380 e. The second kappa shape index (κ2) is 7.82. The van der Waals surface area contributed by atoms with Crippen LogP contribution < -0.4 is 0 Å². The van der Waals surface area contributed by atoms with Crippen molar-refractivity contribution in [1.82, 2.24) is 14.9 Å². The molecule has 0 saturated carbocycles. The number of rotatable bonds is 5. The molecule has 0 spiro atoms. The van der Waals surface area contributed by atoms with Crippen LogP contribution in [-0.2, 0) is 6.54 Å². The molecule has 1 aromatic heterocycles. The zero-order chi connectivity index (χ0) is 19.6. The van der Waals surface area contributed by atoms with Crippen molar-refractivity contribution in [3.05, 3.63) is 89.9 Å². The molecular formula is C25H25N3O. The van der Waals surface area contributed by atoms with Gasteiger partial charge < -0.3 is 10.1 Å². The first-order valence-electron chi connectivity index (χ1n) is 10.3. The summed E-state index contributed by atoms with van der Waals surface area (Å²) >= 11 is 0. The van der Waals surface area contributed by atoms with Crippen LogP contribution >= 0.6 is 0 Å². The number of nitrogens with one attached hydrogen (secondary N) is 1. The molecule has 2 N–H and O–H groups in total. The van der Waals surface area contributed by atoms with E-state index in [9.17, 15) is 5.11 Å². The first-order chi connectivity index (χ1) is 14.3. The molecule has 1 fully saturated rings. The van der Waals surface area contributed by atoms with Crippen molar-refractivity contribution < 1.29 is 5.11 Å². The van der Waals surface area contributed by atoms with Gasteiger partial charge in [0.25, 0.3) is 0 Å². The fourth-order valence-electron chi connectivity index (χ4n) is 4.29. The normalized spacial score (nSPS) is 15.8. The quantitative estimate of drug-likeness (QED) is 0.515. The van der Waals surface area contributed by atoms with Crippen molar-refractivity contribution in [3.63, 3.8) is 0 Å². The van der Waals surface area contributed by atoms with Gasteiger partial charge in [-0.25, -0.2) is 4.98 Å². The standard InChI is InChI=1S/C25H25N3O/c29-24(20-10-5-7-18(15-20)17-28-13-3-4-14-28)25-26-16-23(27-25)22-12-6-9-19-8-1-2-11-21(19)22/h1-2,5-12,15-16,24,29H,3-4,13-14,17H2,(H,26,27).